The highest BCUT2D eigenvalue weighted by Gasteiger charge is 2.14. The number of hydrogen-bond acceptors (Lipinski definition) is 3. The Bertz CT molecular complexity index is 324. The highest BCUT2D eigenvalue weighted by atomic mass is 16.5. The lowest BCUT2D eigenvalue weighted by atomic mass is 10.1. The Morgan fingerprint density at radius 2 is 1.89 bits per heavy atom. The second kappa shape index (κ2) is 8.11. The van der Waals surface area contributed by atoms with Crippen LogP contribution >= 0.6 is 0 Å². The summed E-state index contributed by atoms with van der Waals surface area (Å²) in [4.78, 5) is 0. The Morgan fingerprint density at radius 1 is 1.22 bits per heavy atom. The van der Waals surface area contributed by atoms with Crippen LogP contribution < -0.4 is 10.1 Å². The Morgan fingerprint density at radius 3 is 2.39 bits per heavy atom. The molecule has 0 amide bonds. The average Bonchev–Trinajstić information content (AvgIpc) is 2.39. The number of nitrogens with one attached hydrogen (secondary N) is 1. The molecule has 0 aliphatic rings. The van der Waals surface area contributed by atoms with Crippen LogP contribution in [0.2, 0.25) is 0 Å². The molecule has 2 unspecified atom stereocenters. The molecule has 0 radical (unpaired) electrons. The maximum absolute atomic E-state index is 6.09. The Labute approximate surface area is 110 Å². The van der Waals surface area contributed by atoms with Gasteiger partial charge in [-0.1, -0.05) is 25.5 Å². The average molecular weight is 251 g/mol. The second-order valence-electron chi connectivity index (χ2n) is 4.55. The summed E-state index contributed by atoms with van der Waals surface area (Å²) in [5, 5.41) is 3.19. The zero-order chi connectivity index (χ0) is 13.4. The van der Waals surface area contributed by atoms with E-state index in [1.54, 1.807) is 7.11 Å². The van der Waals surface area contributed by atoms with Gasteiger partial charge >= 0.3 is 0 Å². The smallest absolute Gasteiger partial charge is 0.118 e. The van der Waals surface area contributed by atoms with E-state index in [9.17, 15) is 0 Å². The minimum absolute atomic E-state index is 0.0995. The molecule has 0 bridgehead atoms. The number of rotatable bonds is 8. The van der Waals surface area contributed by atoms with Crippen molar-refractivity contribution in [2.45, 2.75) is 38.9 Å². The van der Waals surface area contributed by atoms with E-state index in [4.69, 9.17) is 9.47 Å². The second-order valence-corrected chi connectivity index (χ2v) is 4.55. The van der Waals surface area contributed by atoms with Crippen molar-refractivity contribution in [3.63, 3.8) is 0 Å². The van der Waals surface area contributed by atoms with Gasteiger partial charge in [0.15, 0.2) is 0 Å². The van der Waals surface area contributed by atoms with E-state index in [-0.39, 0.29) is 12.2 Å². The van der Waals surface area contributed by atoms with Gasteiger partial charge in [-0.25, -0.2) is 0 Å². The van der Waals surface area contributed by atoms with Crippen LogP contribution in [-0.4, -0.2) is 26.8 Å². The molecule has 1 N–H and O–H groups in total. The van der Waals surface area contributed by atoms with Gasteiger partial charge in [-0.05, 0) is 38.1 Å². The number of hydrogen-bond donors (Lipinski definition) is 1. The van der Waals surface area contributed by atoms with Crippen LogP contribution in [-0.2, 0) is 4.74 Å². The van der Waals surface area contributed by atoms with Crippen LogP contribution in [0, 0.1) is 0 Å². The van der Waals surface area contributed by atoms with Crippen LogP contribution in [0.25, 0.3) is 0 Å². The number of methoxy groups -OCH3 is 1. The predicted octanol–water partition coefficient (Wildman–Crippen LogP) is 3.16. The molecule has 2 atom stereocenters. The molecule has 0 saturated carbocycles. The van der Waals surface area contributed by atoms with E-state index in [2.05, 4.69) is 31.3 Å². The van der Waals surface area contributed by atoms with Gasteiger partial charge in [0, 0.05) is 6.54 Å². The molecule has 102 valence electrons. The van der Waals surface area contributed by atoms with E-state index < -0.39 is 0 Å². The molecule has 0 aromatic heterocycles. The van der Waals surface area contributed by atoms with Crippen molar-refractivity contribution in [1.29, 1.82) is 0 Å². The van der Waals surface area contributed by atoms with Gasteiger partial charge in [0.2, 0.25) is 0 Å². The quantitative estimate of drug-likeness (QED) is 0.770. The molecule has 0 saturated heterocycles. The summed E-state index contributed by atoms with van der Waals surface area (Å²) in [6, 6.07) is 8.09. The van der Waals surface area contributed by atoms with Crippen molar-refractivity contribution in [2.24, 2.45) is 0 Å². The van der Waals surface area contributed by atoms with Crippen molar-refractivity contribution in [3.8, 4) is 5.75 Å². The molecule has 0 aliphatic heterocycles. The summed E-state index contributed by atoms with van der Waals surface area (Å²) in [7, 11) is 3.63. The van der Waals surface area contributed by atoms with E-state index in [1.165, 1.54) is 5.56 Å². The summed E-state index contributed by atoms with van der Waals surface area (Å²) >= 11 is 0. The maximum atomic E-state index is 6.09. The van der Waals surface area contributed by atoms with Crippen molar-refractivity contribution in [2.75, 3.05) is 20.7 Å². The monoisotopic (exact) mass is 251 g/mol. The van der Waals surface area contributed by atoms with E-state index in [0.717, 1.165) is 25.1 Å². The molecule has 1 rings (SSSR count). The van der Waals surface area contributed by atoms with Crippen LogP contribution in [0.1, 0.15) is 38.4 Å². The fourth-order valence-corrected chi connectivity index (χ4v) is 2.00. The Hall–Kier alpha value is -1.06. The van der Waals surface area contributed by atoms with E-state index in [1.807, 2.05) is 19.2 Å². The largest absolute Gasteiger partial charge is 0.497 e. The van der Waals surface area contributed by atoms with Crippen molar-refractivity contribution < 1.29 is 9.47 Å². The van der Waals surface area contributed by atoms with Crippen LogP contribution in [0.3, 0.4) is 0 Å². The third-order valence-electron chi connectivity index (χ3n) is 2.97. The summed E-state index contributed by atoms with van der Waals surface area (Å²) in [6.07, 6.45) is 2.63. The van der Waals surface area contributed by atoms with Crippen LogP contribution in [0.4, 0.5) is 0 Å². The molecule has 0 aliphatic carbocycles. The number of likely N-dealkylation sites (N-methyl/N-ethyl adjacent to an activating group) is 1. The van der Waals surface area contributed by atoms with Gasteiger partial charge in [-0.15, -0.1) is 0 Å². The van der Waals surface area contributed by atoms with Gasteiger partial charge in [0.05, 0.1) is 19.3 Å². The molecule has 1 aromatic rings. The minimum atomic E-state index is 0.0995. The first kappa shape index (κ1) is 15.0. The zero-order valence-electron chi connectivity index (χ0n) is 11.9. The molecule has 0 spiro atoms. The van der Waals surface area contributed by atoms with Crippen molar-refractivity contribution in [1.82, 2.24) is 5.32 Å². The molecule has 0 fully saturated rings. The third-order valence-corrected chi connectivity index (χ3v) is 2.97. The maximum Gasteiger partial charge on any atom is 0.118 e. The van der Waals surface area contributed by atoms with Gasteiger partial charge in [-0.3, -0.25) is 0 Å². The number of ether oxygens (including phenoxy) is 2. The highest BCUT2D eigenvalue weighted by molar-refractivity contribution is 5.28. The molecule has 0 heterocycles. The number of benzene rings is 1. The molecule has 1 aromatic carbocycles. The zero-order valence-corrected chi connectivity index (χ0v) is 11.9. The Balaban J connectivity index is 2.69. The van der Waals surface area contributed by atoms with Gasteiger partial charge < -0.3 is 14.8 Å². The summed E-state index contributed by atoms with van der Waals surface area (Å²) in [5.74, 6) is 0.878. The standard InChI is InChI=1S/C15H25NO2/c1-5-6-12(2)18-15(11-16-3)13-7-9-14(17-4)10-8-13/h7-10,12,15-16H,5-6,11H2,1-4H3. The van der Waals surface area contributed by atoms with Crippen LogP contribution in [0.15, 0.2) is 24.3 Å². The fraction of sp³-hybridized carbons (Fsp3) is 0.600. The normalized spacial score (nSPS) is 14.2. The lowest BCUT2D eigenvalue weighted by Crippen LogP contribution is -2.23. The Kier molecular flexibility index (Phi) is 6.76. The van der Waals surface area contributed by atoms with Crippen molar-refractivity contribution >= 4 is 0 Å². The predicted molar refractivity (Wildman–Crippen MR) is 75.1 cm³/mol. The molecular weight excluding hydrogens is 226 g/mol. The van der Waals surface area contributed by atoms with E-state index >= 15 is 0 Å². The lowest BCUT2D eigenvalue weighted by Gasteiger charge is -2.22. The lowest BCUT2D eigenvalue weighted by molar-refractivity contribution is -0.00632. The first-order valence-corrected chi connectivity index (χ1v) is 6.65. The SMILES string of the molecule is CCCC(C)OC(CNC)c1ccc(OC)cc1. The third kappa shape index (κ3) is 4.67. The van der Waals surface area contributed by atoms with Gasteiger partial charge in [-0.2, -0.15) is 0 Å². The summed E-state index contributed by atoms with van der Waals surface area (Å²) in [6.45, 7) is 5.14. The highest BCUT2D eigenvalue weighted by Crippen LogP contribution is 2.22. The van der Waals surface area contributed by atoms with Gasteiger partial charge in [0.25, 0.3) is 0 Å². The molecular formula is C15H25NO2. The molecule has 3 heteroatoms. The topological polar surface area (TPSA) is 30.5 Å². The first-order valence-electron chi connectivity index (χ1n) is 6.65. The summed E-state index contributed by atoms with van der Waals surface area (Å²) < 4.78 is 11.3. The van der Waals surface area contributed by atoms with Crippen LogP contribution in [0.5, 0.6) is 5.75 Å². The minimum Gasteiger partial charge on any atom is -0.497 e. The molecule has 3 nitrogen and oxygen atoms in total. The fourth-order valence-electron chi connectivity index (χ4n) is 2.00. The first-order chi connectivity index (χ1) is 8.71. The van der Waals surface area contributed by atoms with Crippen molar-refractivity contribution in [3.05, 3.63) is 29.8 Å². The molecule has 18 heavy (non-hydrogen) atoms. The van der Waals surface area contributed by atoms with Gasteiger partial charge in [0.1, 0.15) is 5.75 Å². The summed E-state index contributed by atoms with van der Waals surface area (Å²) in [5.41, 5.74) is 1.19. The van der Waals surface area contributed by atoms with E-state index in [0.29, 0.717) is 0 Å².